The second-order valence-electron chi connectivity index (χ2n) is 4.96. The van der Waals surface area contributed by atoms with Crippen molar-refractivity contribution in [2.45, 2.75) is 56.7 Å². The van der Waals surface area contributed by atoms with Crippen LogP contribution in [-0.4, -0.2) is 31.5 Å². The maximum absolute atomic E-state index is 14.1. The zero-order valence-corrected chi connectivity index (χ0v) is 9.43. The van der Waals surface area contributed by atoms with Crippen molar-refractivity contribution >= 4 is 0 Å². The molecule has 0 saturated carbocycles. The summed E-state index contributed by atoms with van der Waals surface area (Å²) in [6, 6.07) is 0. The number of alkyl halides is 1. The fraction of sp³-hybridized carbons (Fsp3) is 1.00. The molecule has 0 aliphatic carbocycles. The van der Waals surface area contributed by atoms with E-state index in [4.69, 9.17) is 4.74 Å². The molecule has 2 unspecified atom stereocenters. The monoisotopic (exact) mass is 215 g/mol. The number of hydrogen-bond acceptors (Lipinski definition) is 2. The number of halogens is 1. The molecule has 0 aromatic rings. The van der Waals surface area contributed by atoms with Crippen LogP contribution in [0.5, 0.6) is 0 Å². The third-order valence-electron chi connectivity index (χ3n) is 3.60. The van der Waals surface area contributed by atoms with Crippen molar-refractivity contribution in [1.82, 2.24) is 5.32 Å². The molecule has 2 fully saturated rings. The molecule has 0 amide bonds. The Morgan fingerprint density at radius 3 is 3.00 bits per heavy atom. The lowest BCUT2D eigenvalue weighted by Crippen LogP contribution is -2.42. The molecule has 88 valence electrons. The predicted molar refractivity (Wildman–Crippen MR) is 58.8 cm³/mol. The first-order valence-electron chi connectivity index (χ1n) is 6.30. The molecule has 2 heterocycles. The van der Waals surface area contributed by atoms with E-state index >= 15 is 0 Å². The Bertz CT molecular complexity index is 186. The summed E-state index contributed by atoms with van der Waals surface area (Å²) in [6.45, 7) is 2.45. The van der Waals surface area contributed by atoms with Gasteiger partial charge >= 0.3 is 0 Å². The predicted octanol–water partition coefficient (Wildman–Crippen LogP) is 2.43. The van der Waals surface area contributed by atoms with Gasteiger partial charge in [-0.3, -0.25) is 0 Å². The van der Waals surface area contributed by atoms with Gasteiger partial charge in [0.2, 0.25) is 0 Å². The number of nitrogens with one attached hydrogen (secondary N) is 1. The van der Waals surface area contributed by atoms with Gasteiger partial charge in [0.05, 0.1) is 6.10 Å². The van der Waals surface area contributed by atoms with Crippen LogP contribution in [0.15, 0.2) is 0 Å². The molecule has 2 aliphatic heterocycles. The minimum atomic E-state index is -0.934. The molecule has 0 aromatic carbocycles. The molecule has 2 aliphatic rings. The van der Waals surface area contributed by atoms with Gasteiger partial charge < -0.3 is 10.1 Å². The van der Waals surface area contributed by atoms with Gasteiger partial charge in [0.1, 0.15) is 5.67 Å². The summed E-state index contributed by atoms with van der Waals surface area (Å²) in [5.74, 6) is 0. The average Bonchev–Trinajstić information content (AvgIpc) is 2.71. The lowest BCUT2D eigenvalue weighted by molar-refractivity contribution is 0.0801. The number of ether oxygens (including phenoxy) is 1. The lowest BCUT2D eigenvalue weighted by Gasteiger charge is -2.30. The van der Waals surface area contributed by atoms with Crippen LogP contribution < -0.4 is 5.32 Å². The van der Waals surface area contributed by atoms with E-state index < -0.39 is 5.67 Å². The standard InChI is InChI=1S/C12H22FNO/c13-12(7-3-8-14-10-12)6-1-4-11-5-2-9-15-11/h11,14H,1-10H2. The largest absolute Gasteiger partial charge is 0.378 e. The van der Waals surface area contributed by atoms with Crippen LogP contribution in [-0.2, 0) is 4.74 Å². The van der Waals surface area contributed by atoms with E-state index in [1.807, 2.05) is 0 Å². The normalized spacial score (nSPS) is 37.0. The fourth-order valence-electron chi connectivity index (χ4n) is 2.66. The van der Waals surface area contributed by atoms with Crippen molar-refractivity contribution in [1.29, 1.82) is 0 Å². The van der Waals surface area contributed by atoms with Gasteiger partial charge in [0.25, 0.3) is 0 Å². The molecular formula is C12H22FNO. The summed E-state index contributed by atoms with van der Waals surface area (Å²) in [6.07, 6.45) is 7.24. The van der Waals surface area contributed by atoms with E-state index in [9.17, 15) is 4.39 Å². The van der Waals surface area contributed by atoms with Gasteiger partial charge in [0.15, 0.2) is 0 Å². The van der Waals surface area contributed by atoms with Crippen LogP contribution in [0.2, 0.25) is 0 Å². The van der Waals surface area contributed by atoms with Crippen LogP contribution in [0.3, 0.4) is 0 Å². The molecule has 2 nitrogen and oxygen atoms in total. The fourth-order valence-corrected chi connectivity index (χ4v) is 2.66. The highest BCUT2D eigenvalue weighted by Gasteiger charge is 2.31. The van der Waals surface area contributed by atoms with Crippen LogP contribution in [0, 0.1) is 0 Å². The minimum Gasteiger partial charge on any atom is -0.378 e. The highest BCUT2D eigenvalue weighted by Crippen LogP contribution is 2.28. The quantitative estimate of drug-likeness (QED) is 0.777. The van der Waals surface area contributed by atoms with Crippen molar-refractivity contribution in [3.05, 3.63) is 0 Å². The second-order valence-corrected chi connectivity index (χ2v) is 4.96. The van der Waals surface area contributed by atoms with Crippen LogP contribution in [0.1, 0.15) is 44.9 Å². The Balaban J connectivity index is 1.63. The van der Waals surface area contributed by atoms with Gasteiger partial charge in [-0.15, -0.1) is 0 Å². The van der Waals surface area contributed by atoms with E-state index in [1.165, 1.54) is 12.8 Å². The first kappa shape index (κ1) is 11.3. The minimum absolute atomic E-state index is 0.421. The molecule has 2 saturated heterocycles. The first-order chi connectivity index (χ1) is 7.29. The molecule has 0 aromatic heterocycles. The molecule has 3 heteroatoms. The number of piperidine rings is 1. The van der Waals surface area contributed by atoms with Gasteiger partial charge in [-0.25, -0.2) is 4.39 Å². The van der Waals surface area contributed by atoms with E-state index in [0.717, 1.165) is 38.8 Å². The van der Waals surface area contributed by atoms with E-state index in [1.54, 1.807) is 0 Å². The molecule has 0 bridgehead atoms. The highest BCUT2D eigenvalue weighted by molar-refractivity contribution is 4.85. The summed E-state index contributed by atoms with van der Waals surface area (Å²) in [4.78, 5) is 0. The third-order valence-corrected chi connectivity index (χ3v) is 3.60. The van der Waals surface area contributed by atoms with Crippen LogP contribution >= 0.6 is 0 Å². The zero-order valence-electron chi connectivity index (χ0n) is 9.43. The molecule has 1 N–H and O–H groups in total. The number of hydrogen-bond donors (Lipinski definition) is 1. The number of rotatable bonds is 4. The van der Waals surface area contributed by atoms with Crippen molar-refractivity contribution in [2.24, 2.45) is 0 Å². The molecule has 15 heavy (non-hydrogen) atoms. The maximum atomic E-state index is 14.1. The van der Waals surface area contributed by atoms with Gasteiger partial charge in [-0.2, -0.15) is 0 Å². The molecule has 2 atom stereocenters. The van der Waals surface area contributed by atoms with Crippen molar-refractivity contribution in [3.63, 3.8) is 0 Å². The van der Waals surface area contributed by atoms with Gasteiger partial charge in [-0.05, 0) is 51.5 Å². The van der Waals surface area contributed by atoms with Crippen LogP contribution in [0.25, 0.3) is 0 Å². The summed E-state index contributed by atoms with van der Waals surface area (Å²) in [5, 5.41) is 3.15. The SMILES string of the molecule is FC1(CCCC2CCCO2)CCCNC1. The van der Waals surface area contributed by atoms with Crippen molar-refractivity contribution in [3.8, 4) is 0 Å². The third kappa shape index (κ3) is 3.42. The second kappa shape index (κ2) is 5.26. The van der Waals surface area contributed by atoms with E-state index in [-0.39, 0.29) is 0 Å². The van der Waals surface area contributed by atoms with Gasteiger partial charge in [-0.1, -0.05) is 0 Å². The van der Waals surface area contributed by atoms with Gasteiger partial charge in [0, 0.05) is 13.2 Å². The van der Waals surface area contributed by atoms with E-state index in [0.29, 0.717) is 19.1 Å². The summed E-state index contributed by atoms with van der Waals surface area (Å²) in [7, 11) is 0. The maximum Gasteiger partial charge on any atom is 0.123 e. The van der Waals surface area contributed by atoms with Crippen molar-refractivity contribution < 1.29 is 9.13 Å². The molecule has 0 spiro atoms. The average molecular weight is 215 g/mol. The first-order valence-corrected chi connectivity index (χ1v) is 6.30. The van der Waals surface area contributed by atoms with Crippen molar-refractivity contribution in [2.75, 3.05) is 19.7 Å². The summed E-state index contributed by atoms with van der Waals surface area (Å²) < 4.78 is 19.7. The topological polar surface area (TPSA) is 21.3 Å². The highest BCUT2D eigenvalue weighted by atomic mass is 19.1. The Hall–Kier alpha value is -0.150. The van der Waals surface area contributed by atoms with Crippen LogP contribution in [0.4, 0.5) is 4.39 Å². The molecular weight excluding hydrogens is 193 g/mol. The lowest BCUT2D eigenvalue weighted by atomic mass is 9.90. The smallest absolute Gasteiger partial charge is 0.123 e. The van der Waals surface area contributed by atoms with E-state index in [2.05, 4.69) is 5.32 Å². The Labute approximate surface area is 91.6 Å². The summed E-state index contributed by atoms with van der Waals surface area (Å²) in [5.41, 5.74) is -0.934. The Morgan fingerprint density at radius 1 is 1.40 bits per heavy atom. The zero-order chi connectivity index (χ0) is 10.6. The Kier molecular flexibility index (Phi) is 3.98. The molecule has 0 radical (unpaired) electrons. The molecule has 2 rings (SSSR count). The summed E-state index contributed by atoms with van der Waals surface area (Å²) >= 11 is 0. The Morgan fingerprint density at radius 2 is 2.33 bits per heavy atom.